The summed E-state index contributed by atoms with van der Waals surface area (Å²) in [5.41, 5.74) is 10.6. The highest BCUT2D eigenvalue weighted by molar-refractivity contribution is 5.46. The number of hydrogen-bond donors (Lipinski definition) is 2. The quantitative estimate of drug-likeness (QED) is 0.803. The van der Waals surface area contributed by atoms with E-state index in [1.54, 1.807) is 0 Å². The van der Waals surface area contributed by atoms with Gasteiger partial charge in [0.25, 0.3) is 0 Å². The molecule has 0 heterocycles. The van der Waals surface area contributed by atoms with E-state index in [9.17, 15) is 0 Å². The maximum absolute atomic E-state index is 5.94. The third kappa shape index (κ3) is 2.90. The Morgan fingerprint density at radius 1 is 1.06 bits per heavy atom. The van der Waals surface area contributed by atoms with Crippen molar-refractivity contribution < 1.29 is 0 Å². The van der Waals surface area contributed by atoms with E-state index in [4.69, 9.17) is 5.73 Å². The average molecular weight is 240 g/mol. The molecule has 2 heteroatoms. The molecule has 2 aromatic rings. The van der Waals surface area contributed by atoms with Gasteiger partial charge in [-0.15, -0.1) is 0 Å². The number of nitrogens with two attached hydrogens (primary N) is 1. The van der Waals surface area contributed by atoms with Crippen molar-refractivity contribution >= 4 is 5.69 Å². The number of benzene rings is 2. The van der Waals surface area contributed by atoms with Crippen molar-refractivity contribution in [2.75, 3.05) is 5.73 Å². The minimum atomic E-state index is 0.325. The predicted octanol–water partition coefficient (Wildman–Crippen LogP) is 3.43. The van der Waals surface area contributed by atoms with E-state index in [2.05, 4.69) is 49.5 Å². The fourth-order valence-electron chi connectivity index (χ4n) is 2.14. The van der Waals surface area contributed by atoms with Crippen LogP contribution in [0, 0.1) is 6.92 Å². The number of anilines is 1. The van der Waals surface area contributed by atoms with Gasteiger partial charge < -0.3 is 11.1 Å². The Labute approximate surface area is 109 Å². The second kappa shape index (κ2) is 5.69. The van der Waals surface area contributed by atoms with Crippen molar-refractivity contribution in [1.29, 1.82) is 0 Å². The molecule has 0 fully saturated rings. The second-order valence-corrected chi connectivity index (χ2v) is 4.66. The van der Waals surface area contributed by atoms with Crippen LogP contribution in [0.4, 0.5) is 5.69 Å². The van der Waals surface area contributed by atoms with Crippen LogP contribution in [-0.2, 0) is 6.54 Å². The lowest BCUT2D eigenvalue weighted by Crippen LogP contribution is -2.19. The van der Waals surface area contributed by atoms with Crippen molar-refractivity contribution in [1.82, 2.24) is 5.32 Å². The maximum Gasteiger partial charge on any atom is 0.0359 e. The second-order valence-electron chi connectivity index (χ2n) is 4.66. The molecule has 0 aliphatic rings. The molecular formula is C16H20N2. The van der Waals surface area contributed by atoms with Crippen LogP contribution in [-0.4, -0.2) is 0 Å². The zero-order valence-corrected chi connectivity index (χ0v) is 11.0. The number of para-hydroxylation sites is 1. The van der Waals surface area contributed by atoms with E-state index in [0.717, 1.165) is 17.8 Å². The smallest absolute Gasteiger partial charge is 0.0359 e. The molecule has 3 N–H and O–H groups in total. The van der Waals surface area contributed by atoms with Crippen molar-refractivity contribution in [3.05, 3.63) is 65.2 Å². The number of nitrogens with one attached hydrogen (secondary N) is 1. The molecule has 0 saturated carbocycles. The van der Waals surface area contributed by atoms with Crippen LogP contribution >= 0.6 is 0 Å². The molecule has 0 aliphatic carbocycles. The first-order valence-corrected chi connectivity index (χ1v) is 6.31. The van der Waals surface area contributed by atoms with Crippen LogP contribution in [0.5, 0.6) is 0 Å². The largest absolute Gasteiger partial charge is 0.398 e. The number of rotatable bonds is 4. The van der Waals surface area contributed by atoms with E-state index in [-0.39, 0.29) is 0 Å². The molecule has 94 valence electrons. The van der Waals surface area contributed by atoms with Crippen LogP contribution in [0.3, 0.4) is 0 Å². The van der Waals surface area contributed by atoms with Crippen molar-refractivity contribution in [3.8, 4) is 0 Å². The molecular weight excluding hydrogens is 220 g/mol. The minimum absolute atomic E-state index is 0.325. The summed E-state index contributed by atoms with van der Waals surface area (Å²) < 4.78 is 0. The van der Waals surface area contributed by atoms with Gasteiger partial charge in [-0.3, -0.25) is 0 Å². The summed E-state index contributed by atoms with van der Waals surface area (Å²) in [6.45, 7) is 5.12. The Bertz CT molecular complexity index is 520. The number of hydrogen-bond acceptors (Lipinski definition) is 2. The molecule has 2 aromatic carbocycles. The van der Waals surface area contributed by atoms with Crippen LogP contribution in [0.25, 0.3) is 0 Å². The molecule has 0 saturated heterocycles. The van der Waals surface area contributed by atoms with Crippen LogP contribution in [0.2, 0.25) is 0 Å². The van der Waals surface area contributed by atoms with Gasteiger partial charge in [0.1, 0.15) is 0 Å². The summed E-state index contributed by atoms with van der Waals surface area (Å²) in [7, 11) is 0. The van der Waals surface area contributed by atoms with E-state index >= 15 is 0 Å². The SMILES string of the molecule is Cc1ccccc1[C@H](C)NCc1ccccc1N. The summed E-state index contributed by atoms with van der Waals surface area (Å²) >= 11 is 0. The topological polar surface area (TPSA) is 38.0 Å². The average Bonchev–Trinajstić information content (AvgIpc) is 2.38. The summed E-state index contributed by atoms with van der Waals surface area (Å²) in [5.74, 6) is 0. The zero-order valence-electron chi connectivity index (χ0n) is 11.0. The Morgan fingerprint density at radius 2 is 1.72 bits per heavy atom. The third-order valence-corrected chi connectivity index (χ3v) is 3.31. The van der Waals surface area contributed by atoms with Crippen LogP contribution in [0.1, 0.15) is 29.7 Å². The molecule has 2 rings (SSSR count). The Morgan fingerprint density at radius 3 is 2.44 bits per heavy atom. The van der Waals surface area contributed by atoms with Gasteiger partial charge in [-0.2, -0.15) is 0 Å². The minimum Gasteiger partial charge on any atom is -0.398 e. The maximum atomic E-state index is 5.94. The van der Waals surface area contributed by atoms with Gasteiger partial charge in [0.15, 0.2) is 0 Å². The van der Waals surface area contributed by atoms with E-state index in [1.807, 2.05) is 18.2 Å². The molecule has 2 nitrogen and oxygen atoms in total. The Hall–Kier alpha value is -1.80. The van der Waals surface area contributed by atoms with Gasteiger partial charge in [-0.25, -0.2) is 0 Å². The van der Waals surface area contributed by atoms with Gasteiger partial charge in [-0.1, -0.05) is 42.5 Å². The molecule has 0 spiro atoms. The van der Waals surface area contributed by atoms with Gasteiger partial charge >= 0.3 is 0 Å². The summed E-state index contributed by atoms with van der Waals surface area (Å²) in [6, 6.07) is 16.8. The molecule has 0 radical (unpaired) electrons. The highest BCUT2D eigenvalue weighted by Gasteiger charge is 2.07. The van der Waals surface area contributed by atoms with Gasteiger partial charge in [0, 0.05) is 18.3 Å². The van der Waals surface area contributed by atoms with Gasteiger partial charge in [-0.05, 0) is 36.6 Å². The van der Waals surface area contributed by atoms with E-state index < -0.39 is 0 Å². The monoisotopic (exact) mass is 240 g/mol. The summed E-state index contributed by atoms with van der Waals surface area (Å²) in [5, 5.41) is 3.52. The van der Waals surface area contributed by atoms with Crippen molar-refractivity contribution in [3.63, 3.8) is 0 Å². The third-order valence-electron chi connectivity index (χ3n) is 3.31. The zero-order chi connectivity index (χ0) is 13.0. The molecule has 0 amide bonds. The normalized spacial score (nSPS) is 12.3. The lowest BCUT2D eigenvalue weighted by atomic mass is 10.0. The first-order valence-electron chi connectivity index (χ1n) is 6.31. The fourth-order valence-corrected chi connectivity index (χ4v) is 2.14. The summed E-state index contributed by atoms with van der Waals surface area (Å²) in [4.78, 5) is 0. The van der Waals surface area contributed by atoms with Crippen LogP contribution in [0.15, 0.2) is 48.5 Å². The molecule has 0 aliphatic heterocycles. The standard InChI is InChI=1S/C16H20N2/c1-12-7-3-5-9-15(12)13(2)18-11-14-8-4-6-10-16(14)17/h3-10,13,18H,11,17H2,1-2H3/t13-/m0/s1. The molecule has 0 bridgehead atoms. The Kier molecular flexibility index (Phi) is 4.00. The highest BCUT2D eigenvalue weighted by atomic mass is 14.9. The van der Waals surface area contributed by atoms with Crippen molar-refractivity contribution in [2.24, 2.45) is 0 Å². The van der Waals surface area contributed by atoms with Crippen LogP contribution < -0.4 is 11.1 Å². The molecule has 1 atom stereocenters. The lowest BCUT2D eigenvalue weighted by molar-refractivity contribution is 0.573. The van der Waals surface area contributed by atoms with E-state index in [1.165, 1.54) is 11.1 Å². The number of aryl methyl sites for hydroxylation is 1. The van der Waals surface area contributed by atoms with Crippen molar-refractivity contribution in [2.45, 2.75) is 26.4 Å². The highest BCUT2D eigenvalue weighted by Crippen LogP contribution is 2.18. The predicted molar refractivity (Wildman–Crippen MR) is 77.3 cm³/mol. The lowest BCUT2D eigenvalue weighted by Gasteiger charge is -2.17. The summed E-state index contributed by atoms with van der Waals surface area (Å²) in [6.07, 6.45) is 0. The van der Waals surface area contributed by atoms with Gasteiger partial charge in [0.2, 0.25) is 0 Å². The Balaban J connectivity index is 2.03. The van der Waals surface area contributed by atoms with Gasteiger partial charge in [0.05, 0.1) is 0 Å². The first kappa shape index (κ1) is 12.7. The molecule has 0 unspecified atom stereocenters. The molecule has 0 aromatic heterocycles. The molecule has 18 heavy (non-hydrogen) atoms. The first-order chi connectivity index (χ1) is 8.68. The van der Waals surface area contributed by atoms with E-state index in [0.29, 0.717) is 6.04 Å². The number of nitrogen functional groups attached to an aromatic ring is 1. The fraction of sp³-hybridized carbons (Fsp3) is 0.250.